The van der Waals surface area contributed by atoms with Crippen LogP contribution in [0.4, 0.5) is 0 Å². The van der Waals surface area contributed by atoms with Crippen LogP contribution in [0.15, 0.2) is 60.7 Å². The minimum absolute atomic E-state index is 0.259. The van der Waals surface area contributed by atoms with Gasteiger partial charge in [0.15, 0.2) is 0 Å². The maximum Gasteiger partial charge on any atom is 0.217 e. The molecule has 1 atom stereocenters. The summed E-state index contributed by atoms with van der Waals surface area (Å²) in [6.07, 6.45) is 26.7. The number of aryl methyl sites for hydroxylation is 1. The molecule has 3 heteroatoms. The molecule has 0 aliphatic rings. The van der Waals surface area contributed by atoms with Crippen LogP contribution in [0, 0.1) is 0 Å². The molecule has 2 N–H and O–H groups in total. The zero-order chi connectivity index (χ0) is 26.4. The van der Waals surface area contributed by atoms with Crippen molar-refractivity contribution in [1.29, 1.82) is 0 Å². The average Bonchev–Trinajstić information content (AvgIpc) is 2.90. The minimum atomic E-state index is -0.969. The first kappa shape index (κ1) is 31.0. The molecule has 0 saturated carbocycles. The largest absolute Gasteiger partial charge is 0.508 e. The van der Waals surface area contributed by atoms with Crippen molar-refractivity contribution in [3.63, 3.8) is 0 Å². The molecule has 0 bridgehead atoms. The molecule has 2 aromatic carbocycles. The summed E-state index contributed by atoms with van der Waals surface area (Å²) in [6.45, 7) is 2.29. The highest BCUT2D eigenvalue weighted by Gasteiger charge is 2.02. The molecule has 0 radical (unpaired) electrons. The summed E-state index contributed by atoms with van der Waals surface area (Å²) in [5.41, 5.74) is 2.40. The summed E-state index contributed by atoms with van der Waals surface area (Å²) in [7, 11) is 0. The van der Waals surface area contributed by atoms with Crippen molar-refractivity contribution in [3.05, 3.63) is 71.8 Å². The Bertz CT molecular complexity index is 810. The van der Waals surface area contributed by atoms with Gasteiger partial charge in [-0.15, -0.1) is 0 Å². The zero-order valence-electron chi connectivity index (χ0n) is 23.4. The van der Waals surface area contributed by atoms with Crippen LogP contribution < -0.4 is 4.74 Å². The molecule has 37 heavy (non-hydrogen) atoms. The highest BCUT2D eigenvalue weighted by atomic mass is 16.6. The van der Waals surface area contributed by atoms with Gasteiger partial charge in [-0.25, -0.2) is 0 Å². The summed E-state index contributed by atoms with van der Waals surface area (Å²) >= 11 is 0. The van der Waals surface area contributed by atoms with Crippen molar-refractivity contribution in [2.24, 2.45) is 0 Å². The van der Waals surface area contributed by atoms with Crippen LogP contribution in [0.1, 0.15) is 121 Å². The number of phenols is 1. The number of hydrogen-bond donors (Lipinski definition) is 2. The van der Waals surface area contributed by atoms with Gasteiger partial charge in [0.05, 0.1) is 0 Å². The van der Waals surface area contributed by atoms with Gasteiger partial charge < -0.3 is 14.9 Å². The van der Waals surface area contributed by atoms with Crippen LogP contribution in [0.5, 0.6) is 11.5 Å². The molecule has 0 fully saturated rings. The Morgan fingerprint density at radius 1 is 0.622 bits per heavy atom. The normalized spacial score (nSPS) is 12.3. The Balaban J connectivity index is 1.42. The van der Waals surface area contributed by atoms with Crippen LogP contribution in [-0.4, -0.2) is 16.5 Å². The van der Waals surface area contributed by atoms with Crippen molar-refractivity contribution in [2.45, 2.75) is 129 Å². The number of hydrogen-bond acceptors (Lipinski definition) is 3. The number of ether oxygens (including phenoxy) is 1. The Morgan fingerprint density at radius 2 is 1.08 bits per heavy atom. The first-order valence-corrected chi connectivity index (χ1v) is 15.1. The number of benzene rings is 2. The van der Waals surface area contributed by atoms with Crippen molar-refractivity contribution in [1.82, 2.24) is 0 Å². The molecule has 0 aromatic heterocycles. The number of aliphatic hydroxyl groups is 1. The van der Waals surface area contributed by atoms with E-state index in [4.69, 9.17) is 4.74 Å². The van der Waals surface area contributed by atoms with Crippen LogP contribution in [-0.2, 0) is 12.8 Å². The quantitative estimate of drug-likeness (QED) is 0.0945. The van der Waals surface area contributed by atoms with E-state index in [1.807, 2.05) is 30.3 Å². The third kappa shape index (κ3) is 16.2. The minimum Gasteiger partial charge on any atom is -0.508 e. The van der Waals surface area contributed by atoms with E-state index in [0.717, 1.165) is 12.0 Å². The van der Waals surface area contributed by atoms with Crippen LogP contribution in [0.25, 0.3) is 0 Å². The number of phenolic OH excluding ortho intramolecular Hbond substituents is 1. The smallest absolute Gasteiger partial charge is 0.217 e. The number of aliphatic hydroxyl groups excluding tert-OH is 1. The van der Waals surface area contributed by atoms with Crippen molar-refractivity contribution in [2.75, 3.05) is 0 Å². The number of rotatable bonds is 22. The second-order valence-corrected chi connectivity index (χ2v) is 10.5. The van der Waals surface area contributed by atoms with E-state index >= 15 is 0 Å². The fourth-order valence-electron chi connectivity index (χ4n) is 4.74. The van der Waals surface area contributed by atoms with Gasteiger partial charge in [-0.1, -0.05) is 134 Å². The number of allylic oxidation sites excluding steroid dienone is 1. The van der Waals surface area contributed by atoms with Crippen LogP contribution >= 0.6 is 0 Å². The lowest BCUT2D eigenvalue weighted by Crippen LogP contribution is -2.11. The molecular weight excluding hydrogens is 456 g/mol. The topological polar surface area (TPSA) is 49.7 Å². The Kier molecular flexibility index (Phi) is 17.4. The van der Waals surface area contributed by atoms with E-state index in [1.54, 1.807) is 18.2 Å². The van der Waals surface area contributed by atoms with Gasteiger partial charge in [0.1, 0.15) is 11.5 Å². The number of unbranched alkanes of at least 4 members (excludes halogenated alkanes) is 15. The highest BCUT2D eigenvalue weighted by molar-refractivity contribution is 5.28. The lowest BCUT2D eigenvalue weighted by atomic mass is 10.0. The fourth-order valence-corrected chi connectivity index (χ4v) is 4.74. The van der Waals surface area contributed by atoms with E-state index < -0.39 is 6.29 Å². The molecule has 2 aromatic rings. The van der Waals surface area contributed by atoms with Gasteiger partial charge in [-0.2, -0.15) is 0 Å². The molecular formula is C34H52O3. The predicted molar refractivity (Wildman–Crippen MR) is 157 cm³/mol. The molecule has 2 rings (SSSR count). The maximum atomic E-state index is 10.1. The molecule has 0 heterocycles. The predicted octanol–water partition coefficient (Wildman–Crippen LogP) is 9.69. The maximum absolute atomic E-state index is 10.1. The summed E-state index contributed by atoms with van der Waals surface area (Å²) in [5, 5.41) is 19.4. The Morgan fingerprint density at radius 3 is 1.59 bits per heavy atom. The second-order valence-electron chi connectivity index (χ2n) is 10.5. The molecule has 0 spiro atoms. The van der Waals surface area contributed by atoms with Gasteiger partial charge in [-0.3, -0.25) is 0 Å². The molecule has 1 unspecified atom stereocenters. The zero-order valence-corrected chi connectivity index (χ0v) is 23.4. The summed E-state index contributed by atoms with van der Waals surface area (Å²) in [6, 6.07) is 15.2. The van der Waals surface area contributed by atoms with E-state index in [0.29, 0.717) is 12.2 Å². The van der Waals surface area contributed by atoms with Gasteiger partial charge in [0.2, 0.25) is 6.29 Å². The highest BCUT2D eigenvalue weighted by Crippen LogP contribution is 2.18. The lowest BCUT2D eigenvalue weighted by molar-refractivity contribution is 0.0246. The van der Waals surface area contributed by atoms with Gasteiger partial charge in [0.25, 0.3) is 0 Å². The van der Waals surface area contributed by atoms with Crippen molar-refractivity contribution >= 4 is 0 Å². The standard InChI is InChI=1S/C34H52O3/c1-2-3-4-5-6-7-8-9-10-11-12-13-14-15-16-17-19-30-24-28-33(29-25-30)37-34(36)21-18-20-31-22-26-32(35)27-23-31/h18,21-29,34-36H,2-17,19-20H2,1H3. The van der Waals surface area contributed by atoms with E-state index in [2.05, 4.69) is 19.1 Å². The third-order valence-corrected chi connectivity index (χ3v) is 7.09. The summed E-state index contributed by atoms with van der Waals surface area (Å²) in [4.78, 5) is 0. The van der Waals surface area contributed by atoms with Crippen molar-refractivity contribution < 1.29 is 14.9 Å². The van der Waals surface area contributed by atoms with E-state index in [1.165, 1.54) is 108 Å². The first-order chi connectivity index (χ1) is 18.2. The molecule has 0 aliphatic carbocycles. The fraction of sp³-hybridized carbons (Fsp3) is 0.588. The van der Waals surface area contributed by atoms with E-state index in [-0.39, 0.29) is 5.75 Å². The second kappa shape index (κ2) is 20.8. The monoisotopic (exact) mass is 508 g/mol. The molecule has 0 aliphatic heterocycles. The molecule has 0 amide bonds. The Hall–Kier alpha value is -2.26. The van der Waals surface area contributed by atoms with Crippen LogP contribution in [0.2, 0.25) is 0 Å². The SMILES string of the molecule is CCCCCCCCCCCCCCCCCCc1ccc(OC(O)C=CCc2ccc(O)cc2)cc1. The summed E-state index contributed by atoms with van der Waals surface area (Å²) in [5.74, 6) is 0.937. The van der Waals surface area contributed by atoms with Crippen molar-refractivity contribution in [3.8, 4) is 11.5 Å². The molecule has 0 saturated heterocycles. The van der Waals surface area contributed by atoms with Gasteiger partial charge in [-0.05, 0) is 60.7 Å². The van der Waals surface area contributed by atoms with Gasteiger partial charge >= 0.3 is 0 Å². The lowest BCUT2D eigenvalue weighted by Gasteiger charge is -2.10. The molecule has 3 nitrogen and oxygen atoms in total. The Labute approximate surface area is 227 Å². The van der Waals surface area contributed by atoms with Gasteiger partial charge in [0, 0.05) is 0 Å². The average molecular weight is 509 g/mol. The van der Waals surface area contributed by atoms with Crippen LogP contribution in [0.3, 0.4) is 0 Å². The third-order valence-electron chi connectivity index (χ3n) is 7.09. The van der Waals surface area contributed by atoms with E-state index in [9.17, 15) is 10.2 Å². The molecule has 206 valence electrons. The first-order valence-electron chi connectivity index (χ1n) is 15.1. The summed E-state index contributed by atoms with van der Waals surface area (Å²) < 4.78 is 5.59. The number of aromatic hydroxyl groups is 1.